The van der Waals surface area contributed by atoms with Gasteiger partial charge in [0.2, 0.25) is 23.6 Å². The number of primary amides is 1. The standard InChI is InChI=1S/C20H35N5O6S2/c1-32-10-7-12(21)17(27)23-13(8-11-33-2)18(28)24-14(5-6-16(22)26)19(29)25-9-3-4-15(25)20(30)31/h12-15H,3-11,21H2,1-2H3,(H2,22,26)(H,23,27)(H,24,28)(H,30,31). The highest BCUT2D eigenvalue weighted by atomic mass is 32.2. The van der Waals surface area contributed by atoms with Crippen LogP contribution >= 0.6 is 23.5 Å². The largest absolute Gasteiger partial charge is 0.480 e. The number of amides is 4. The summed E-state index contributed by atoms with van der Waals surface area (Å²) in [4.78, 5) is 62.6. The molecule has 0 aromatic rings. The third-order valence-electron chi connectivity index (χ3n) is 5.33. The molecule has 0 spiro atoms. The molecule has 4 atom stereocenters. The van der Waals surface area contributed by atoms with Crippen molar-refractivity contribution >= 4 is 53.1 Å². The molecule has 0 radical (unpaired) electrons. The predicted molar refractivity (Wildman–Crippen MR) is 129 cm³/mol. The van der Waals surface area contributed by atoms with Gasteiger partial charge in [-0.25, -0.2) is 4.79 Å². The van der Waals surface area contributed by atoms with Gasteiger partial charge in [0.25, 0.3) is 0 Å². The Labute approximate surface area is 202 Å². The Morgan fingerprint density at radius 3 is 2.18 bits per heavy atom. The summed E-state index contributed by atoms with van der Waals surface area (Å²) >= 11 is 3.05. The molecule has 13 heteroatoms. The molecule has 1 fully saturated rings. The Kier molecular flexibility index (Phi) is 13.2. The molecule has 1 heterocycles. The maximum absolute atomic E-state index is 13.1. The predicted octanol–water partition coefficient (Wildman–Crippen LogP) is -0.869. The first-order chi connectivity index (χ1) is 15.6. The number of nitrogens with two attached hydrogens (primary N) is 2. The van der Waals surface area contributed by atoms with Gasteiger partial charge in [-0.3, -0.25) is 19.2 Å². The van der Waals surface area contributed by atoms with Crippen LogP contribution in [0, 0.1) is 0 Å². The van der Waals surface area contributed by atoms with Crippen molar-refractivity contribution in [3.63, 3.8) is 0 Å². The number of rotatable bonds is 15. The molecular weight excluding hydrogens is 470 g/mol. The van der Waals surface area contributed by atoms with Gasteiger partial charge in [0, 0.05) is 13.0 Å². The SMILES string of the molecule is CSCCC(N)C(=O)NC(CCSC)C(=O)NC(CCC(N)=O)C(=O)N1CCCC1C(=O)O. The minimum Gasteiger partial charge on any atom is -0.480 e. The first-order valence-corrected chi connectivity index (χ1v) is 13.6. The molecule has 0 saturated carbocycles. The smallest absolute Gasteiger partial charge is 0.326 e. The average Bonchev–Trinajstić information content (AvgIpc) is 3.27. The van der Waals surface area contributed by atoms with Gasteiger partial charge in [-0.05, 0) is 56.1 Å². The van der Waals surface area contributed by atoms with Crippen LogP contribution in [0.2, 0.25) is 0 Å². The fourth-order valence-electron chi connectivity index (χ4n) is 3.46. The van der Waals surface area contributed by atoms with Crippen molar-refractivity contribution in [1.82, 2.24) is 15.5 Å². The Hall–Kier alpha value is -1.99. The van der Waals surface area contributed by atoms with E-state index in [1.54, 1.807) is 11.8 Å². The van der Waals surface area contributed by atoms with E-state index in [4.69, 9.17) is 11.5 Å². The van der Waals surface area contributed by atoms with Gasteiger partial charge >= 0.3 is 5.97 Å². The van der Waals surface area contributed by atoms with E-state index in [2.05, 4.69) is 10.6 Å². The zero-order chi connectivity index (χ0) is 25.0. The van der Waals surface area contributed by atoms with Gasteiger partial charge in [-0.2, -0.15) is 23.5 Å². The van der Waals surface area contributed by atoms with Crippen molar-refractivity contribution in [3.05, 3.63) is 0 Å². The molecule has 0 aliphatic carbocycles. The highest BCUT2D eigenvalue weighted by Crippen LogP contribution is 2.20. The van der Waals surface area contributed by atoms with Crippen LogP contribution in [0.1, 0.15) is 38.5 Å². The number of hydrogen-bond acceptors (Lipinski definition) is 8. The minimum absolute atomic E-state index is 0.0703. The number of thioether (sulfide) groups is 2. The van der Waals surface area contributed by atoms with E-state index in [0.717, 1.165) is 0 Å². The zero-order valence-corrected chi connectivity index (χ0v) is 20.7. The molecule has 1 aliphatic rings. The van der Waals surface area contributed by atoms with E-state index in [-0.39, 0.29) is 19.4 Å². The van der Waals surface area contributed by atoms with Crippen molar-refractivity contribution in [2.75, 3.05) is 30.6 Å². The maximum atomic E-state index is 13.1. The van der Waals surface area contributed by atoms with Gasteiger partial charge in [0.1, 0.15) is 18.1 Å². The van der Waals surface area contributed by atoms with Gasteiger partial charge in [0.15, 0.2) is 0 Å². The lowest BCUT2D eigenvalue weighted by Crippen LogP contribution is -2.57. The Bertz CT molecular complexity index is 710. The summed E-state index contributed by atoms with van der Waals surface area (Å²) in [7, 11) is 0. The second-order valence-corrected chi connectivity index (χ2v) is 9.80. The van der Waals surface area contributed by atoms with Gasteiger partial charge in [-0.1, -0.05) is 0 Å². The van der Waals surface area contributed by atoms with E-state index in [1.165, 1.54) is 16.7 Å². The molecule has 33 heavy (non-hydrogen) atoms. The van der Waals surface area contributed by atoms with Gasteiger partial charge in [0.05, 0.1) is 6.04 Å². The number of carboxylic acids is 1. The average molecular weight is 506 g/mol. The number of likely N-dealkylation sites (tertiary alicyclic amines) is 1. The monoisotopic (exact) mass is 505 g/mol. The van der Waals surface area contributed by atoms with E-state index in [1.807, 2.05) is 12.5 Å². The third-order valence-corrected chi connectivity index (χ3v) is 6.62. The fourth-order valence-corrected chi connectivity index (χ4v) is 4.42. The molecule has 4 unspecified atom stereocenters. The first kappa shape index (κ1) is 29.0. The highest BCUT2D eigenvalue weighted by Gasteiger charge is 2.38. The molecule has 0 aromatic carbocycles. The van der Waals surface area contributed by atoms with Crippen LogP contribution in [-0.2, 0) is 24.0 Å². The molecule has 11 nitrogen and oxygen atoms in total. The summed E-state index contributed by atoms with van der Waals surface area (Å²) in [5.74, 6) is -2.14. The summed E-state index contributed by atoms with van der Waals surface area (Å²) in [5.41, 5.74) is 11.1. The fraction of sp³-hybridized carbons (Fsp3) is 0.750. The van der Waals surface area contributed by atoms with Crippen LogP contribution in [0.25, 0.3) is 0 Å². The normalized spacial score (nSPS) is 18.3. The number of carbonyl (C=O) groups is 5. The van der Waals surface area contributed by atoms with Crippen LogP contribution in [0.15, 0.2) is 0 Å². The van der Waals surface area contributed by atoms with Crippen molar-refractivity contribution in [2.45, 2.75) is 62.7 Å². The summed E-state index contributed by atoms with van der Waals surface area (Å²) in [5, 5.41) is 14.7. The molecule has 1 rings (SSSR count). The zero-order valence-electron chi connectivity index (χ0n) is 19.1. The highest BCUT2D eigenvalue weighted by molar-refractivity contribution is 7.98. The summed E-state index contributed by atoms with van der Waals surface area (Å²) in [6, 6.07) is -3.81. The number of hydrogen-bond donors (Lipinski definition) is 5. The van der Waals surface area contributed by atoms with E-state index in [0.29, 0.717) is 37.2 Å². The van der Waals surface area contributed by atoms with Crippen molar-refractivity contribution < 1.29 is 29.1 Å². The van der Waals surface area contributed by atoms with Crippen molar-refractivity contribution in [3.8, 4) is 0 Å². The quantitative estimate of drug-likeness (QED) is 0.189. The van der Waals surface area contributed by atoms with E-state index < -0.39 is 53.8 Å². The molecule has 0 bridgehead atoms. The summed E-state index contributed by atoms with van der Waals surface area (Å²) in [6.45, 7) is 0.246. The van der Waals surface area contributed by atoms with Crippen LogP contribution < -0.4 is 22.1 Å². The molecule has 0 aromatic heterocycles. The number of nitrogens with zero attached hydrogens (tertiary/aromatic N) is 1. The molecule has 4 amide bonds. The van der Waals surface area contributed by atoms with Crippen LogP contribution in [-0.4, -0.2) is 94.3 Å². The minimum atomic E-state index is -1.14. The van der Waals surface area contributed by atoms with E-state index in [9.17, 15) is 29.1 Å². The number of aliphatic carboxylic acids is 1. The van der Waals surface area contributed by atoms with Crippen LogP contribution in [0.5, 0.6) is 0 Å². The Balaban J connectivity index is 2.96. The number of carbonyl (C=O) groups excluding carboxylic acids is 4. The maximum Gasteiger partial charge on any atom is 0.326 e. The molecule has 1 saturated heterocycles. The van der Waals surface area contributed by atoms with E-state index >= 15 is 0 Å². The Morgan fingerprint density at radius 2 is 1.61 bits per heavy atom. The summed E-state index contributed by atoms with van der Waals surface area (Å²) < 4.78 is 0. The number of carboxylic acid groups (broad SMARTS) is 1. The van der Waals surface area contributed by atoms with Crippen LogP contribution in [0.3, 0.4) is 0 Å². The number of nitrogens with one attached hydrogen (secondary N) is 2. The second kappa shape index (κ2) is 15.0. The van der Waals surface area contributed by atoms with Crippen LogP contribution in [0.4, 0.5) is 0 Å². The second-order valence-electron chi connectivity index (χ2n) is 7.82. The lowest BCUT2D eigenvalue weighted by molar-refractivity contribution is -0.149. The first-order valence-electron chi connectivity index (χ1n) is 10.8. The molecule has 188 valence electrons. The topological polar surface area (TPSA) is 185 Å². The van der Waals surface area contributed by atoms with Crippen molar-refractivity contribution in [1.29, 1.82) is 0 Å². The molecular formula is C20H35N5O6S2. The molecule has 7 N–H and O–H groups in total. The molecule has 1 aliphatic heterocycles. The van der Waals surface area contributed by atoms with Gasteiger partial charge < -0.3 is 32.1 Å². The lowest BCUT2D eigenvalue weighted by Gasteiger charge is -2.29. The third kappa shape index (κ3) is 9.80. The lowest BCUT2D eigenvalue weighted by atomic mass is 10.1. The van der Waals surface area contributed by atoms with Gasteiger partial charge in [-0.15, -0.1) is 0 Å². The Morgan fingerprint density at radius 1 is 1.00 bits per heavy atom. The summed E-state index contributed by atoms with van der Waals surface area (Å²) in [6.07, 6.45) is 5.14. The van der Waals surface area contributed by atoms with Crippen molar-refractivity contribution in [2.24, 2.45) is 11.5 Å².